The predicted octanol–water partition coefficient (Wildman–Crippen LogP) is 3.10. The van der Waals surface area contributed by atoms with Gasteiger partial charge in [-0.3, -0.25) is 4.79 Å². The van der Waals surface area contributed by atoms with E-state index in [9.17, 15) is 4.79 Å². The van der Waals surface area contributed by atoms with Gasteiger partial charge in [-0.15, -0.1) is 0 Å². The van der Waals surface area contributed by atoms with Crippen molar-refractivity contribution in [2.45, 2.75) is 37.8 Å². The summed E-state index contributed by atoms with van der Waals surface area (Å²) in [4.78, 5) is 12.4. The Kier molecular flexibility index (Phi) is 4.20. The van der Waals surface area contributed by atoms with Crippen molar-refractivity contribution in [3.05, 3.63) is 48.0 Å². The highest BCUT2D eigenvalue weighted by Crippen LogP contribution is 2.20. The summed E-state index contributed by atoms with van der Waals surface area (Å²) in [7, 11) is 2.01. The van der Waals surface area contributed by atoms with Gasteiger partial charge < -0.3 is 10.6 Å². The van der Waals surface area contributed by atoms with Crippen LogP contribution in [-0.2, 0) is 0 Å². The fraction of sp³-hybridized carbons (Fsp3) is 0.389. The van der Waals surface area contributed by atoms with Gasteiger partial charge in [0.15, 0.2) is 0 Å². The maximum Gasteiger partial charge on any atom is 0.251 e. The summed E-state index contributed by atoms with van der Waals surface area (Å²) in [6, 6.07) is 15.0. The topological polar surface area (TPSA) is 41.1 Å². The molecule has 0 atom stereocenters. The minimum absolute atomic E-state index is 0.0497. The van der Waals surface area contributed by atoms with Gasteiger partial charge in [-0.05, 0) is 55.6 Å². The number of nitrogens with one attached hydrogen (secondary N) is 2. The molecule has 0 saturated heterocycles. The summed E-state index contributed by atoms with van der Waals surface area (Å²) in [5.74, 6) is 0.0497. The number of carbonyl (C=O) groups excluding carboxylic acids is 1. The lowest BCUT2D eigenvalue weighted by atomic mass is 9.91. The molecule has 2 aromatic rings. The summed E-state index contributed by atoms with van der Waals surface area (Å²) >= 11 is 0. The Labute approximate surface area is 125 Å². The summed E-state index contributed by atoms with van der Waals surface area (Å²) in [6.45, 7) is 0. The van der Waals surface area contributed by atoms with Crippen molar-refractivity contribution in [2.24, 2.45) is 0 Å². The third-order valence-electron chi connectivity index (χ3n) is 4.48. The van der Waals surface area contributed by atoms with Gasteiger partial charge in [-0.2, -0.15) is 0 Å². The van der Waals surface area contributed by atoms with Gasteiger partial charge in [-0.25, -0.2) is 0 Å². The highest BCUT2D eigenvalue weighted by molar-refractivity contribution is 5.98. The molecular formula is C18H22N2O. The van der Waals surface area contributed by atoms with Gasteiger partial charge in [-0.1, -0.05) is 30.3 Å². The average molecular weight is 282 g/mol. The highest BCUT2D eigenvalue weighted by Gasteiger charge is 2.21. The van der Waals surface area contributed by atoms with Crippen molar-refractivity contribution in [1.29, 1.82) is 0 Å². The smallest absolute Gasteiger partial charge is 0.251 e. The van der Waals surface area contributed by atoms with Gasteiger partial charge in [0.25, 0.3) is 5.91 Å². The molecule has 0 radical (unpaired) electrons. The van der Waals surface area contributed by atoms with Crippen molar-refractivity contribution in [2.75, 3.05) is 7.05 Å². The second-order valence-corrected chi connectivity index (χ2v) is 5.87. The molecule has 0 bridgehead atoms. The molecule has 3 rings (SSSR count). The molecule has 1 fully saturated rings. The molecule has 1 aliphatic rings. The molecule has 0 aromatic heterocycles. The molecule has 0 unspecified atom stereocenters. The van der Waals surface area contributed by atoms with E-state index in [0.717, 1.165) is 36.6 Å². The fourth-order valence-electron chi connectivity index (χ4n) is 3.13. The van der Waals surface area contributed by atoms with Crippen LogP contribution in [0.1, 0.15) is 36.0 Å². The lowest BCUT2D eigenvalue weighted by Crippen LogP contribution is -2.41. The Morgan fingerprint density at radius 3 is 2.33 bits per heavy atom. The fourth-order valence-corrected chi connectivity index (χ4v) is 3.13. The molecule has 0 spiro atoms. The Bertz CT molecular complexity index is 630. The number of benzene rings is 2. The molecule has 2 aromatic carbocycles. The highest BCUT2D eigenvalue weighted by atomic mass is 16.1. The predicted molar refractivity (Wildman–Crippen MR) is 86.5 cm³/mol. The minimum Gasteiger partial charge on any atom is -0.349 e. The second kappa shape index (κ2) is 6.27. The van der Waals surface area contributed by atoms with Crippen LogP contribution < -0.4 is 10.6 Å². The number of hydrogen-bond donors (Lipinski definition) is 2. The SMILES string of the molecule is CNC1CCC(NC(=O)c2ccc3ccccc3c2)CC1. The van der Waals surface area contributed by atoms with E-state index in [1.807, 2.05) is 43.4 Å². The van der Waals surface area contributed by atoms with Crippen LogP contribution in [0, 0.1) is 0 Å². The molecule has 1 aliphatic carbocycles. The molecule has 2 N–H and O–H groups in total. The summed E-state index contributed by atoms with van der Waals surface area (Å²) in [5.41, 5.74) is 0.754. The largest absolute Gasteiger partial charge is 0.349 e. The van der Waals surface area contributed by atoms with E-state index in [2.05, 4.69) is 16.7 Å². The van der Waals surface area contributed by atoms with Crippen LogP contribution in [0.4, 0.5) is 0 Å². The van der Waals surface area contributed by atoms with Gasteiger partial charge in [0.1, 0.15) is 0 Å². The summed E-state index contributed by atoms with van der Waals surface area (Å²) in [6.07, 6.45) is 4.40. The number of amides is 1. The summed E-state index contributed by atoms with van der Waals surface area (Å²) in [5, 5.41) is 8.78. The van der Waals surface area contributed by atoms with E-state index in [1.165, 1.54) is 5.39 Å². The Morgan fingerprint density at radius 2 is 1.62 bits per heavy atom. The van der Waals surface area contributed by atoms with Crippen molar-refractivity contribution >= 4 is 16.7 Å². The maximum atomic E-state index is 12.4. The van der Waals surface area contributed by atoms with Crippen LogP contribution in [0.25, 0.3) is 10.8 Å². The Balaban J connectivity index is 1.67. The van der Waals surface area contributed by atoms with Gasteiger partial charge in [0.05, 0.1) is 0 Å². The standard InChI is InChI=1S/C18H22N2O/c1-19-16-8-10-17(11-9-16)20-18(21)15-7-6-13-4-2-3-5-14(13)12-15/h2-7,12,16-17,19H,8-11H2,1H3,(H,20,21). The zero-order chi connectivity index (χ0) is 14.7. The third-order valence-corrected chi connectivity index (χ3v) is 4.48. The lowest BCUT2D eigenvalue weighted by molar-refractivity contribution is 0.0925. The van der Waals surface area contributed by atoms with Crippen LogP contribution in [0.15, 0.2) is 42.5 Å². The number of hydrogen-bond acceptors (Lipinski definition) is 2. The molecule has 0 aliphatic heterocycles. The van der Waals surface area contributed by atoms with Crippen molar-refractivity contribution < 1.29 is 4.79 Å². The quantitative estimate of drug-likeness (QED) is 0.908. The first kappa shape index (κ1) is 14.1. The van der Waals surface area contributed by atoms with Crippen LogP contribution in [0.2, 0.25) is 0 Å². The molecular weight excluding hydrogens is 260 g/mol. The number of carbonyl (C=O) groups is 1. The van der Waals surface area contributed by atoms with E-state index in [-0.39, 0.29) is 5.91 Å². The minimum atomic E-state index is 0.0497. The first-order chi connectivity index (χ1) is 10.3. The molecule has 3 nitrogen and oxygen atoms in total. The van der Waals surface area contributed by atoms with E-state index < -0.39 is 0 Å². The van der Waals surface area contributed by atoms with E-state index in [1.54, 1.807) is 0 Å². The van der Waals surface area contributed by atoms with E-state index in [0.29, 0.717) is 12.1 Å². The number of rotatable bonds is 3. The van der Waals surface area contributed by atoms with Crippen LogP contribution in [0.5, 0.6) is 0 Å². The third kappa shape index (κ3) is 3.24. The zero-order valence-electron chi connectivity index (χ0n) is 12.4. The Morgan fingerprint density at radius 1 is 0.952 bits per heavy atom. The van der Waals surface area contributed by atoms with Crippen molar-refractivity contribution in [3.8, 4) is 0 Å². The molecule has 1 saturated carbocycles. The van der Waals surface area contributed by atoms with E-state index >= 15 is 0 Å². The first-order valence-corrected chi connectivity index (χ1v) is 7.73. The molecule has 110 valence electrons. The van der Waals surface area contributed by atoms with Gasteiger partial charge >= 0.3 is 0 Å². The van der Waals surface area contributed by atoms with Crippen molar-refractivity contribution in [1.82, 2.24) is 10.6 Å². The van der Waals surface area contributed by atoms with Crippen molar-refractivity contribution in [3.63, 3.8) is 0 Å². The summed E-state index contributed by atoms with van der Waals surface area (Å²) < 4.78 is 0. The first-order valence-electron chi connectivity index (χ1n) is 7.73. The van der Waals surface area contributed by atoms with Crippen LogP contribution in [0.3, 0.4) is 0 Å². The normalized spacial score (nSPS) is 22.1. The Hall–Kier alpha value is -1.87. The van der Waals surface area contributed by atoms with Crippen LogP contribution in [-0.4, -0.2) is 25.0 Å². The molecule has 21 heavy (non-hydrogen) atoms. The van der Waals surface area contributed by atoms with Gasteiger partial charge in [0.2, 0.25) is 0 Å². The molecule has 3 heteroatoms. The maximum absolute atomic E-state index is 12.4. The second-order valence-electron chi connectivity index (χ2n) is 5.87. The number of fused-ring (bicyclic) bond motifs is 1. The molecule has 1 amide bonds. The zero-order valence-corrected chi connectivity index (χ0v) is 12.4. The van der Waals surface area contributed by atoms with Crippen LogP contribution >= 0.6 is 0 Å². The van der Waals surface area contributed by atoms with E-state index in [4.69, 9.17) is 0 Å². The monoisotopic (exact) mass is 282 g/mol. The average Bonchev–Trinajstić information content (AvgIpc) is 2.55. The lowest BCUT2D eigenvalue weighted by Gasteiger charge is -2.28. The van der Waals surface area contributed by atoms with Gasteiger partial charge in [0, 0.05) is 17.6 Å². The molecule has 0 heterocycles.